The number of para-hydroxylation sites is 6. The van der Waals surface area contributed by atoms with Gasteiger partial charge >= 0.3 is 0 Å². The number of nitrogens with zero attached hydrogens (tertiary/aromatic N) is 8. The smallest absolute Gasteiger partial charge is 0.227 e. The quantitative estimate of drug-likeness (QED) is 0.151. The fraction of sp³-hybridized carbons (Fsp3) is 0.103. The minimum Gasteiger partial charge on any atom is -0.327 e. The molecule has 0 bridgehead atoms. The summed E-state index contributed by atoms with van der Waals surface area (Å²) < 4.78 is 0. The zero-order valence-corrected chi connectivity index (χ0v) is 39.4. The monoisotopic (exact) mass is 920 g/mol. The van der Waals surface area contributed by atoms with E-state index in [1.807, 2.05) is 24.3 Å². The molecule has 4 aliphatic heterocycles. The molecule has 12 rings (SSSR count). The summed E-state index contributed by atoms with van der Waals surface area (Å²) in [6.45, 7) is 5.72. The summed E-state index contributed by atoms with van der Waals surface area (Å²) in [5.74, 6) is 0. The van der Waals surface area contributed by atoms with Crippen LogP contribution in [0.15, 0.2) is 251 Å². The Balaban J connectivity index is 0.000000149. The van der Waals surface area contributed by atoms with Gasteiger partial charge in [-0.2, -0.15) is 10.2 Å². The van der Waals surface area contributed by atoms with E-state index in [1.165, 1.54) is 11.1 Å². The zero-order valence-electron chi connectivity index (χ0n) is 37.7. The summed E-state index contributed by atoms with van der Waals surface area (Å²) in [5, 5.41) is 16.7. The molecule has 0 amide bonds. The summed E-state index contributed by atoms with van der Waals surface area (Å²) in [7, 11) is 0. The minimum atomic E-state index is -0.628. The molecule has 332 valence electrons. The molecule has 0 radical (unpaired) electrons. The van der Waals surface area contributed by atoms with Crippen LogP contribution in [0.2, 0.25) is 0 Å². The van der Waals surface area contributed by atoms with Crippen molar-refractivity contribution in [2.75, 3.05) is 19.8 Å². The number of fused-ring (bicyclic) bond motifs is 2. The van der Waals surface area contributed by atoms with Gasteiger partial charge in [-0.3, -0.25) is 9.98 Å². The van der Waals surface area contributed by atoms with Crippen LogP contribution in [0.25, 0.3) is 0 Å². The molecule has 4 heterocycles. The molecule has 2 atom stereocenters. The van der Waals surface area contributed by atoms with Crippen molar-refractivity contribution in [2.45, 2.75) is 36.9 Å². The number of rotatable bonds is 8. The Hall–Kier alpha value is -7.66. The van der Waals surface area contributed by atoms with Gasteiger partial charge in [0.05, 0.1) is 45.5 Å². The van der Waals surface area contributed by atoms with Gasteiger partial charge in [-0.05, 0) is 97.0 Å². The normalized spacial score (nSPS) is 19.1. The summed E-state index contributed by atoms with van der Waals surface area (Å²) in [6.07, 6.45) is 0. The second-order valence-corrected chi connectivity index (χ2v) is 19.1. The largest absolute Gasteiger partial charge is 0.327 e. The molecule has 8 nitrogen and oxygen atoms in total. The van der Waals surface area contributed by atoms with Gasteiger partial charge in [0.2, 0.25) is 9.99 Å². The molecule has 0 aromatic heterocycles. The van der Waals surface area contributed by atoms with Gasteiger partial charge in [0, 0.05) is 24.2 Å². The number of thioether (sulfide) groups is 2. The van der Waals surface area contributed by atoms with Crippen LogP contribution in [0.4, 0.5) is 34.1 Å². The standard InChI is InChI=1S/2C29H24N4S/c2*1-22-29(32(21-23-13-5-2-6-14-23)27-20-12-11-19-26(27)30-22)33(25-17-9-4-10-18-25)31-28(34-29)24-15-7-3-8-16-24/h2*2-20H,21H2,1H3/t2*29-/m10/s1. The molecular formula is C58H48N8S2. The van der Waals surface area contributed by atoms with E-state index in [0.717, 1.165) is 79.9 Å². The molecule has 8 aromatic carbocycles. The maximum atomic E-state index is 5.21. The highest BCUT2D eigenvalue weighted by atomic mass is 32.2. The van der Waals surface area contributed by atoms with E-state index in [9.17, 15) is 0 Å². The van der Waals surface area contributed by atoms with Crippen molar-refractivity contribution in [3.8, 4) is 0 Å². The molecule has 0 N–H and O–H groups in total. The van der Waals surface area contributed by atoms with Crippen molar-refractivity contribution in [3.05, 3.63) is 253 Å². The van der Waals surface area contributed by atoms with Crippen LogP contribution >= 0.6 is 23.5 Å². The lowest BCUT2D eigenvalue weighted by Gasteiger charge is -2.48. The summed E-state index contributed by atoms with van der Waals surface area (Å²) in [5.41, 5.74) is 13.0. The van der Waals surface area contributed by atoms with E-state index < -0.39 is 9.99 Å². The van der Waals surface area contributed by atoms with Gasteiger partial charge < -0.3 is 9.80 Å². The summed E-state index contributed by atoms with van der Waals surface area (Å²) in [6, 6.07) is 79.7. The molecule has 0 aliphatic carbocycles. The van der Waals surface area contributed by atoms with Crippen molar-refractivity contribution in [1.29, 1.82) is 0 Å². The number of hydrogen-bond acceptors (Lipinski definition) is 10. The third kappa shape index (κ3) is 7.85. The Kier molecular flexibility index (Phi) is 11.7. The average molecular weight is 921 g/mol. The predicted molar refractivity (Wildman–Crippen MR) is 288 cm³/mol. The second kappa shape index (κ2) is 18.6. The Bertz CT molecular complexity index is 2950. The first-order valence-electron chi connectivity index (χ1n) is 22.8. The lowest BCUT2D eigenvalue weighted by Crippen LogP contribution is -2.61. The van der Waals surface area contributed by atoms with Crippen LogP contribution in [-0.4, -0.2) is 31.5 Å². The molecule has 0 saturated carbocycles. The van der Waals surface area contributed by atoms with Crippen LogP contribution in [0, 0.1) is 0 Å². The maximum absolute atomic E-state index is 5.21. The van der Waals surface area contributed by atoms with Crippen LogP contribution in [0.3, 0.4) is 0 Å². The molecule has 0 fully saturated rings. The topological polar surface area (TPSA) is 62.4 Å². The molecule has 0 unspecified atom stereocenters. The van der Waals surface area contributed by atoms with E-state index in [4.69, 9.17) is 20.2 Å². The lowest BCUT2D eigenvalue weighted by atomic mass is 10.1. The highest BCUT2D eigenvalue weighted by Crippen LogP contribution is 2.54. The predicted octanol–water partition coefficient (Wildman–Crippen LogP) is 14.1. The van der Waals surface area contributed by atoms with E-state index in [-0.39, 0.29) is 0 Å². The van der Waals surface area contributed by atoms with Crippen LogP contribution in [0.1, 0.15) is 36.1 Å². The van der Waals surface area contributed by atoms with Crippen molar-refractivity contribution in [3.63, 3.8) is 0 Å². The Labute approximate surface area is 406 Å². The van der Waals surface area contributed by atoms with E-state index in [0.29, 0.717) is 0 Å². The number of hydrazone groups is 2. The molecular weight excluding hydrogens is 873 g/mol. The molecule has 4 aliphatic rings. The SMILES string of the molecule is CC1=Nc2ccccc2N(Cc2ccccc2)[C@@]12SC(c1ccccc1)=NN2c1ccccc1.CC1=Nc2ccccc2N(Cc2ccccc2)[C@]12SC(c1ccccc1)=NN2c1ccccc1. The van der Waals surface area contributed by atoms with Gasteiger partial charge in [0.1, 0.15) is 10.1 Å². The Morgan fingerprint density at radius 1 is 0.368 bits per heavy atom. The summed E-state index contributed by atoms with van der Waals surface area (Å²) in [4.78, 5) is 13.9. The van der Waals surface area contributed by atoms with Gasteiger partial charge in [-0.15, -0.1) is 0 Å². The molecule has 2 spiro atoms. The second-order valence-electron chi connectivity index (χ2n) is 16.8. The number of aliphatic imine (C=N–C) groups is 2. The van der Waals surface area contributed by atoms with Gasteiger partial charge in [-0.1, -0.05) is 182 Å². The van der Waals surface area contributed by atoms with Gasteiger partial charge in [0.15, 0.2) is 0 Å². The van der Waals surface area contributed by atoms with Gasteiger partial charge in [0.25, 0.3) is 0 Å². The molecule has 68 heavy (non-hydrogen) atoms. The van der Waals surface area contributed by atoms with E-state index in [2.05, 4.69) is 240 Å². The van der Waals surface area contributed by atoms with Crippen molar-refractivity contribution in [1.82, 2.24) is 0 Å². The number of benzene rings is 8. The van der Waals surface area contributed by atoms with E-state index in [1.54, 1.807) is 23.5 Å². The number of hydrogen-bond donors (Lipinski definition) is 0. The molecule has 8 aromatic rings. The Morgan fingerprint density at radius 3 is 1.04 bits per heavy atom. The van der Waals surface area contributed by atoms with Crippen molar-refractivity contribution in [2.24, 2.45) is 20.2 Å². The average Bonchev–Trinajstić information content (AvgIpc) is 4.01. The first-order valence-corrected chi connectivity index (χ1v) is 24.4. The van der Waals surface area contributed by atoms with Gasteiger partial charge in [-0.25, -0.2) is 10.0 Å². The first-order chi connectivity index (χ1) is 33.5. The fourth-order valence-electron chi connectivity index (χ4n) is 9.22. The fourth-order valence-corrected chi connectivity index (χ4v) is 11.9. The Morgan fingerprint density at radius 2 is 0.676 bits per heavy atom. The highest BCUT2D eigenvalue weighted by Gasteiger charge is 2.56. The number of anilines is 4. The van der Waals surface area contributed by atoms with Crippen LogP contribution in [-0.2, 0) is 13.1 Å². The van der Waals surface area contributed by atoms with Crippen molar-refractivity contribution < 1.29 is 0 Å². The van der Waals surface area contributed by atoms with Crippen molar-refractivity contribution >= 4 is 79.2 Å². The summed E-state index contributed by atoms with van der Waals surface area (Å²) >= 11 is 3.52. The minimum absolute atomic E-state index is 0.628. The third-order valence-electron chi connectivity index (χ3n) is 12.4. The van der Waals surface area contributed by atoms with E-state index >= 15 is 0 Å². The molecule has 10 heteroatoms. The zero-order chi connectivity index (χ0) is 45.9. The highest BCUT2D eigenvalue weighted by molar-refractivity contribution is 8.17. The van der Waals surface area contributed by atoms with Crippen LogP contribution in [0.5, 0.6) is 0 Å². The first kappa shape index (κ1) is 42.9. The molecule has 0 saturated heterocycles. The maximum Gasteiger partial charge on any atom is 0.227 e. The third-order valence-corrected chi connectivity index (χ3v) is 15.4. The lowest BCUT2D eigenvalue weighted by molar-refractivity contribution is 0.629. The van der Waals surface area contributed by atoms with Crippen LogP contribution < -0.4 is 19.8 Å².